The summed E-state index contributed by atoms with van der Waals surface area (Å²) in [6.07, 6.45) is 1.57. The Kier molecular flexibility index (Phi) is 5.66. The molecule has 4 atom stereocenters. The Hall–Kier alpha value is -3.19. The first-order chi connectivity index (χ1) is 15.8. The Bertz CT molecular complexity index is 1090. The van der Waals surface area contributed by atoms with Gasteiger partial charge in [0.25, 0.3) is 0 Å². The molecule has 176 valence electrons. The van der Waals surface area contributed by atoms with Crippen molar-refractivity contribution in [2.24, 2.45) is 22.9 Å². The number of imidazole rings is 1. The van der Waals surface area contributed by atoms with E-state index in [2.05, 4.69) is 25.1 Å². The van der Waals surface area contributed by atoms with E-state index in [4.69, 9.17) is 38.6 Å². The predicted octanol–water partition coefficient (Wildman–Crippen LogP) is -0.592. The highest BCUT2D eigenvalue weighted by atomic mass is 15.3. The molecule has 5 rings (SSSR count). The topological polar surface area (TPSA) is 203 Å². The van der Waals surface area contributed by atoms with Crippen molar-refractivity contribution >= 4 is 40.3 Å². The van der Waals surface area contributed by atoms with Gasteiger partial charge in [0.1, 0.15) is 5.52 Å². The molecule has 4 heterocycles. The van der Waals surface area contributed by atoms with Crippen LogP contribution in [0.15, 0.2) is 24.3 Å². The smallest absolute Gasteiger partial charge is 0.231 e. The van der Waals surface area contributed by atoms with Crippen molar-refractivity contribution in [3.05, 3.63) is 24.3 Å². The van der Waals surface area contributed by atoms with Crippen LogP contribution in [0.1, 0.15) is 12.8 Å². The maximum absolute atomic E-state index is 6.27. The van der Waals surface area contributed by atoms with E-state index in [1.165, 1.54) is 0 Å². The van der Waals surface area contributed by atoms with Crippen molar-refractivity contribution in [2.75, 3.05) is 47.0 Å². The molecule has 2 aliphatic rings. The summed E-state index contributed by atoms with van der Waals surface area (Å²) in [5.41, 5.74) is 33.5. The van der Waals surface area contributed by atoms with E-state index in [1.807, 2.05) is 24.3 Å². The molecule has 33 heavy (non-hydrogen) atoms. The molecule has 2 aromatic heterocycles. The molecular weight excluding hydrogens is 420 g/mol. The van der Waals surface area contributed by atoms with Gasteiger partial charge < -0.3 is 48.8 Å². The van der Waals surface area contributed by atoms with Crippen molar-refractivity contribution in [2.45, 2.75) is 37.0 Å². The molecule has 0 bridgehead atoms. The number of hydrogen-bond donors (Lipinski definition) is 7. The molecule has 2 saturated heterocycles. The molecule has 12 nitrogen and oxygen atoms in total. The first-order valence-electron chi connectivity index (χ1n) is 11.3. The van der Waals surface area contributed by atoms with Crippen molar-refractivity contribution in [1.82, 2.24) is 19.9 Å². The quantitative estimate of drug-likeness (QED) is 0.249. The monoisotopic (exact) mass is 452 g/mol. The van der Waals surface area contributed by atoms with Crippen LogP contribution in [0.25, 0.3) is 11.2 Å². The van der Waals surface area contributed by atoms with Gasteiger partial charge in [0.2, 0.25) is 11.9 Å². The van der Waals surface area contributed by atoms with Gasteiger partial charge in [-0.1, -0.05) is 0 Å². The predicted molar refractivity (Wildman–Crippen MR) is 131 cm³/mol. The van der Waals surface area contributed by atoms with Crippen LogP contribution in [0.4, 0.5) is 29.1 Å². The molecule has 2 aliphatic heterocycles. The van der Waals surface area contributed by atoms with Gasteiger partial charge in [-0.05, 0) is 37.1 Å². The first-order valence-corrected chi connectivity index (χ1v) is 11.3. The number of aromatic amines is 1. The van der Waals surface area contributed by atoms with Crippen LogP contribution in [-0.4, -0.2) is 70.3 Å². The van der Waals surface area contributed by atoms with Gasteiger partial charge in [0, 0.05) is 61.7 Å². The number of benzene rings is 1. The molecule has 0 amide bonds. The number of H-pyrrole nitrogens is 1. The Morgan fingerprint density at radius 3 is 1.97 bits per heavy atom. The Morgan fingerprint density at radius 1 is 0.788 bits per heavy atom. The number of nitrogens with zero attached hydrogens (tertiary/aromatic N) is 5. The van der Waals surface area contributed by atoms with E-state index in [-0.39, 0.29) is 24.2 Å². The summed E-state index contributed by atoms with van der Waals surface area (Å²) in [4.78, 5) is 21.9. The highest BCUT2D eigenvalue weighted by Gasteiger charge is 2.29. The standard InChI is InChI=1S/C21H32N12/c22-11-1-3-16(4-2-11)27-20-29-18-17(19(31-20)32-7-12(23)5-13(24)8-32)28-21(30-18)33-9-14(25)6-15(26)10-33/h1-4,12-15H,5-10,22-26H2,(H2,27,28,29,30,31)/t12-,13+,14-,15+. The van der Waals surface area contributed by atoms with Gasteiger partial charge in [0.05, 0.1) is 0 Å². The Balaban J connectivity index is 1.55. The minimum atomic E-state index is -0.0345. The Labute approximate surface area is 191 Å². The molecule has 0 saturated carbocycles. The number of anilines is 5. The average molecular weight is 453 g/mol. The zero-order valence-corrected chi connectivity index (χ0v) is 18.5. The minimum absolute atomic E-state index is 0.00616. The van der Waals surface area contributed by atoms with Crippen LogP contribution < -0.4 is 43.8 Å². The summed E-state index contributed by atoms with van der Waals surface area (Å²) in [5, 5.41) is 3.25. The number of nitrogens with one attached hydrogen (secondary N) is 2. The second kappa shape index (κ2) is 8.63. The lowest BCUT2D eigenvalue weighted by molar-refractivity contribution is 0.447. The van der Waals surface area contributed by atoms with E-state index >= 15 is 0 Å². The molecular formula is C21H32N12. The summed E-state index contributed by atoms with van der Waals surface area (Å²) >= 11 is 0. The molecule has 0 unspecified atom stereocenters. The van der Waals surface area contributed by atoms with Gasteiger partial charge in [-0.25, -0.2) is 0 Å². The summed E-state index contributed by atoms with van der Waals surface area (Å²) in [7, 11) is 0. The fourth-order valence-corrected chi connectivity index (χ4v) is 4.70. The fourth-order valence-electron chi connectivity index (χ4n) is 4.70. The van der Waals surface area contributed by atoms with Crippen LogP contribution in [0, 0.1) is 0 Å². The van der Waals surface area contributed by atoms with Crippen LogP contribution in [-0.2, 0) is 0 Å². The summed E-state index contributed by atoms with van der Waals surface area (Å²) in [6.45, 7) is 2.64. The summed E-state index contributed by atoms with van der Waals surface area (Å²) < 4.78 is 0. The van der Waals surface area contributed by atoms with Crippen molar-refractivity contribution in [3.8, 4) is 0 Å². The number of nitrogen functional groups attached to an aromatic ring is 1. The highest BCUT2D eigenvalue weighted by molar-refractivity contribution is 5.87. The van der Waals surface area contributed by atoms with Gasteiger partial charge in [-0.3, -0.25) is 0 Å². The molecule has 0 spiro atoms. The van der Waals surface area contributed by atoms with Crippen LogP contribution in [0.2, 0.25) is 0 Å². The summed E-state index contributed by atoms with van der Waals surface area (Å²) in [5.74, 6) is 1.83. The van der Waals surface area contributed by atoms with Crippen LogP contribution in [0.3, 0.4) is 0 Å². The fraction of sp³-hybridized carbons (Fsp3) is 0.476. The summed E-state index contributed by atoms with van der Waals surface area (Å²) in [6, 6.07) is 7.31. The average Bonchev–Trinajstić information content (AvgIpc) is 3.18. The highest BCUT2D eigenvalue weighted by Crippen LogP contribution is 2.30. The van der Waals surface area contributed by atoms with Crippen molar-refractivity contribution in [3.63, 3.8) is 0 Å². The van der Waals surface area contributed by atoms with Gasteiger partial charge >= 0.3 is 0 Å². The molecule has 3 aromatic rings. The number of piperidine rings is 2. The lowest BCUT2D eigenvalue weighted by Gasteiger charge is -2.35. The number of fused-ring (bicyclic) bond motifs is 1. The SMILES string of the molecule is Nc1ccc(Nc2nc(N3C[C@H](N)C[C@H](N)C3)c3[nH]c(N4C[C@H](N)C[C@H](N)C4)nc3n2)cc1. The van der Waals surface area contributed by atoms with Crippen LogP contribution in [0.5, 0.6) is 0 Å². The van der Waals surface area contributed by atoms with E-state index in [0.29, 0.717) is 55.2 Å². The molecule has 0 aliphatic carbocycles. The molecule has 0 radical (unpaired) electrons. The molecule has 12 N–H and O–H groups in total. The van der Waals surface area contributed by atoms with Crippen molar-refractivity contribution in [1.29, 1.82) is 0 Å². The third-order valence-corrected chi connectivity index (χ3v) is 6.12. The second-order valence-electron chi connectivity index (χ2n) is 9.20. The maximum Gasteiger partial charge on any atom is 0.231 e. The second-order valence-corrected chi connectivity index (χ2v) is 9.20. The number of nitrogens with two attached hydrogens (primary N) is 5. The minimum Gasteiger partial charge on any atom is -0.399 e. The van der Waals surface area contributed by atoms with E-state index in [9.17, 15) is 0 Å². The third-order valence-electron chi connectivity index (χ3n) is 6.12. The largest absolute Gasteiger partial charge is 0.399 e. The van der Waals surface area contributed by atoms with Crippen LogP contribution >= 0.6 is 0 Å². The zero-order valence-electron chi connectivity index (χ0n) is 18.5. The lowest BCUT2D eigenvalue weighted by atomic mass is 10.0. The van der Waals surface area contributed by atoms with E-state index < -0.39 is 0 Å². The Morgan fingerprint density at radius 2 is 1.36 bits per heavy atom. The molecule has 1 aromatic carbocycles. The van der Waals surface area contributed by atoms with Gasteiger partial charge in [0.15, 0.2) is 11.5 Å². The van der Waals surface area contributed by atoms with Gasteiger partial charge in [-0.2, -0.15) is 15.0 Å². The third kappa shape index (κ3) is 4.64. The maximum atomic E-state index is 6.27. The molecule has 12 heteroatoms. The number of rotatable bonds is 4. The number of aromatic nitrogens is 4. The first kappa shape index (κ1) is 21.6. The van der Waals surface area contributed by atoms with E-state index in [0.717, 1.165) is 24.0 Å². The van der Waals surface area contributed by atoms with E-state index in [1.54, 1.807) is 0 Å². The molecule has 2 fully saturated rings. The zero-order chi connectivity index (χ0) is 23.1. The van der Waals surface area contributed by atoms with Crippen molar-refractivity contribution < 1.29 is 0 Å². The normalized spacial score (nSPS) is 26.1. The van der Waals surface area contributed by atoms with Gasteiger partial charge in [-0.15, -0.1) is 0 Å². The number of hydrogen-bond acceptors (Lipinski definition) is 11. The lowest BCUT2D eigenvalue weighted by Crippen LogP contribution is -2.52.